The number of carbonyl (C=O) groups is 1. The second kappa shape index (κ2) is 7.28. The molecule has 2 aromatic carbocycles. The van der Waals surface area contributed by atoms with Crippen LogP contribution in [0.2, 0.25) is 5.02 Å². The number of nitrogens with one attached hydrogen (secondary N) is 1. The third-order valence-corrected chi connectivity index (χ3v) is 4.48. The summed E-state index contributed by atoms with van der Waals surface area (Å²) in [5.41, 5.74) is 3.27. The van der Waals surface area contributed by atoms with E-state index >= 15 is 0 Å². The van der Waals surface area contributed by atoms with E-state index in [0.717, 1.165) is 11.3 Å². The normalized spacial score (nSPS) is 10.8. The summed E-state index contributed by atoms with van der Waals surface area (Å²) in [6.07, 6.45) is 0. The molecule has 0 aliphatic rings. The minimum absolute atomic E-state index is 0.311. The molecule has 8 heteroatoms. The van der Waals surface area contributed by atoms with E-state index < -0.39 is 0 Å². The van der Waals surface area contributed by atoms with Crippen molar-refractivity contribution in [1.82, 2.24) is 19.8 Å². The van der Waals surface area contributed by atoms with Crippen molar-refractivity contribution in [2.24, 2.45) is 0 Å². The Morgan fingerprint density at radius 2 is 1.96 bits per heavy atom. The van der Waals surface area contributed by atoms with Gasteiger partial charge in [-0.3, -0.25) is 4.79 Å². The number of amides is 1. The molecule has 2 aromatic heterocycles. The lowest BCUT2D eigenvalue weighted by atomic mass is 10.1. The summed E-state index contributed by atoms with van der Waals surface area (Å²) < 4.78 is 6.93. The first-order chi connectivity index (χ1) is 13.5. The van der Waals surface area contributed by atoms with E-state index in [0.29, 0.717) is 33.5 Å². The molecule has 0 unspecified atom stereocenters. The van der Waals surface area contributed by atoms with Crippen molar-refractivity contribution in [3.8, 4) is 17.0 Å². The Balaban J connectivity index is 1.64. The summed E-state index contributed by atoms with van der Waals surface area (Å²) in [5, 5.41) is 16.0. The van der Waals surface area contributed by atoms with E-state index in [1.165, 1.54) is 7.11 Å². The zero-order valence-corrected chi connectivity index (χ0v) is 15.9. The molecule has 0 fully saturated rings. The number of hydrogen-bond donors (Lipinski definition) is 1. The highest BCUT2D eigenvalue weighted by atomic mass is 35.5. The van der Waals surface area contributed by atoms with Crippen LogP contribution in [0.1, 0.15) is 16.2 Å². The van der Waals surface area contributed by atoms with Crippen LogP contribution < -0.4 is 10.1 Å². The third-order valence-electron chi connectivity index (χ3n) is 4.24. The van der Waals surface area contributed by atoms with Crippen molar-refractivity contribution in [3.63, 3.8) is 0 Å². The van der Waals surface area contributed by atoms with Gasteiger partial charge in [0.05, 0.1) is 18.4 Å². The van der Waals surface area contributed by atoms with Crippen LogP contribution in [0, 0.1) is 6.92 Å². The Labute approximate surface area is 165 Å². The molecule has 4 rings (SSSR count). The lowest BCUT2D eigenvalue weighted by molar-refractivity contribution is 0.102. The molecule has 4 aromatic rings. The van der Waals surface area contributed by atoms with Crippen molar-refractivity contribution < 1.29 is 9.53 Å². The van der Waals surface area contributed by atoms with Crippen LogP contribution in [0.5, 0.6) is 5.75 Å². The van der Waals surface area contributed by atoms with Gasteiger partial charge in [-0.2, -0.15) is 9.61 Å². The molecule has 0 aliphatic carbocycles. The lowest BCUT2D eigenvalue weighted by Crippen LogP contribution is -2.13. The van der Waals surface area contributed by atoms with Gasteiger partial charge < -0.3 is 10.1 Å². The highest BCUT2D eigenvalue weighted by molar-refractivity contribution is 6.31. The van der Waals surface area contributed by atoms with E-state index in [4.69, 9.17) is 16.3 Å². The summed E-state index contributed by atoms with van der Waals surface area (Å²) in [4.78, 5) is 12.7. The number of benzene rings is 2. The fourth-order valence-electron chi connectivity index (χ4n) is 2.86. The van der Waals surface area contributed by atoms with Crippen molar-refractivity contribution in [2.45, 2.75) is 6.92 Å². The van der Waals surface area contributed by atoms with Gasteiger partial charge in [0.1, 0.15) is 5.75 Å². The second-order valence-electron chi connectivity index (χ2n) is 6.12. The molecule has 1 amide bonds. The number of methoxy groups -OCH3 is 1. The lowest BCUT2D eigenvalue weighted by Gasteiger charge is -2.11. The molecule has 0 spiro atoms. The quantitative estimate of drug-likeness (QED) is 0.566. The minimum Gasteiger partial charge on any atom is -0.496 e. The topological polar surface area (TPSA) is 81.4 Å². The molecule has 0 bridgehead atoms. The van der Waals surface area contributed by atoms with Crippen molar-refractivity contribution in [2.75, 3.05) is 12.4 Å². The molecular formula is C20H16ClN5O2. The molecule has 0 atom stereocenters. The monoisotopic (exact) mass is 393 g/mol. The predicted octanol–water partition coefficient (Wildman–Crippen LogP) is 4.01. The number of rotatable bonds is 4. The van der Waals surface area contributed by atoms with Gasteiger partial charge in [-0.25, -0.2) is 0 Å². The summed E-state index contributed by atoms with van der Waals surface area (Å²) >= 11 is 6.02. The first-order valence-electron chi connectivity index (χ1n) is 8.49. The smallest absolute Gasteiger partial charge is 0.259 e. The van der Waals surface area contributed by atoms with Gasteiger partial charge in [-0.15, -0.1) is 10.2 Å². The standard InChI is InChI=1S/C20H16ClN5O2/c1-12-23-24-19-9-7-17(25-26(12)19)13-4-3-5-15(10-13)22-20(27)16-11-14(21)6-8-18(16)28-2/h3-11H,1-2H3,(H,22,27). The number of carbonyl (C=O) groups excluding carboxylic acids is 1. The average Bonchev–Trinajstić information content (AvgIpc) is 3.08. The molecule has 7 nitrogen and oxygen atoms in total. The Bertz CT molecular complexity index is 1190. The molecule has 0 aliphatic heterocycles. The second-order valence-corrected chi connectivity index (χ2v) is 6.55. The number of nitrogens with zero attached hydrogens (tertiary/aromatic N) is 4. The zero-order valence-electron chi connectivity index (χ0n) is 15.2. The maximum atomic E-state index is 12.7. The van der Waals surface area contributed by atoms with E-state index in [2.05, 4.69) is 20.6 Å². The van der Waals surface area contributed by atoms with Crippen LogP contribution in [-0.4, -0.2) is 32.8 Å². The summed E-state index contributed by atoms with van der Waals surface area (Å²) in [6, 6.07) is 16.1. The van der Waals surface area contributed by atoms with Crippen LogP contribution in [-0.2, 0) is 0 Å². The average molecular weight is 394 g/mol. The highest BCUT2D eigenvalue weighted by Crippen LogP contribution is 2.25. The fourth-order valence-corrected chi connectivity index (χ4v) is 3.03. The van der Waals surface area contributed by atoms with Gasteiger partial charge in [-0.05, 0) is 49.4 Å². The number of halogens is 1. The number of aryl methyl sites for hydroxylation is 1. The van der Waals surface area contributed by atoms with Crippen molar-refractivity contribution in [1.29, 1.82) is 0 Å². The zero-order chi connectivity index (χ0) is 19.7. The summed E-state index contributed by atoms with van der Waals surface area (Å²) in [6.45, 7) is 1.84. The van der Waals surface area contributed by atoms with Gasteiger partial charge in [0, 0.05) is 16.3 Å². The maximum absolute atomic E-state index is 12.7. The van der Waals surface area contributed by atoms with E-state index in [1.807, 2.05) is 37.3 Å². The molecule has 1 N–H and O–H groups in total. The minimum atomic E-state index is -0.311. The van der Waals surface area contributed by atoms with Gasteiger partial charge in [-0.1, -0.05) is 23.7 Å². The van der Waals surface area contributed by atoms with Gasteiger partial charge in [0.25, 0.3) is 5.91 Å². The van der Waals surface area contributed by atoms with E-state index in [9.17, 15) is 4.79 Å². The molecule has 0 radical (unpaired) electrons. The molecule has 2 heterocycles. The van der Waals surface area contributed by atoms with Gasteiger partial charge in [0.2, 0.25) is 0 Å². The van der Waals surface area contributed by atoms with Crippen LogP contribution in [0.25, 0.3) is 16.9 Å². The van der Waals surface area contributed by atoms with Crippen LogP contribution in [0.3, 0.4) is 0 Å². The molecule has 0 saturated heterocycles. The maximum Gasteiger partial charge on any atom is 0.259 e. The van der Waals surface area contributed by atoms with Crippen LogP contribution in [0.4, 0.5) is 5.69 Å². The molecule has 28 heavy (non-hydrogen) atoms. The number of aromatic nitrogens is 4. The van der Waals surface area contributed by atoms with E-state index in [-0.39, 0.29) is 5.91 Å². The largest absolute Gasteiger partial charge is 0.496 e. The van der Waals surface area contributed by atoms with Gasteiger partial charge >= 0.3 is 0 Å². The number of fused-ring (bicyclic) bond motifs is 1. The Morgan fingerprint density at radius 3 is 2.79 bits per heavy atom. The number of anilines is 1. The Kier molecular flexibility index (Phi) is 4.67. The molecular weight excluding hydrogens is 378 g/mol. The van der Waals surface area contributed by atoms with Crippen LogP contribution in [0.15, 0.2) is 54.6 Å². The first kappa shape index (κ1) is 17.9. The Hall–Kier alpha value is -3.45. The van der Waals surface area contributed by atoms with Crippen LogP contribution >= 0.6 is 11.6 Å². The molecule has 140 valence electrons. The number of ether oxygens (including phenoxy) is 1. The molecule has 0 saturated carbocycles. The summed E-state index contributed by atoms with van der Waals surface area (Å²) in [5.74, 6) is 0.845. The van der Waals surface area contributed by atoms with Gasteiger partial charge in [0.15, 0.2) is 11.5 Å². The van der Waals surface area contributed by atoms with Crippen molar-refractivity contribution >= 4 is 28.8 Å². The number of hydrogen-bond acceptors (Lipinski definition) is 5. The fraction of sp³-hybridized carbons (Fsp3) is 0.100. The van der Waals surface area contributed by atoms with E-state index in [1.54, 1.807) is 28.8 Å². The summed E-state index contributed by atoms with van der Waals surface area (Å²) in [7, 11) is 1.51. The van der Waals surface area contributed by atoms with Crippen molar-refractivity contribution in [3.05, 3.63) is 71.0 Å². The Morgan fingerprint density at radius 1 is 1.11 bits per heavy atom. The SMILES string of the molecule is COc1ccc(Cl)cc1C(=O)Nc1cccc(-c2ccc3nnc(C)n3n2)c1. The highest BCUT2D eigenvalue weighted by Gasteiger charge is 2.14. The first-order valence-corrected chi connectivity index (χ1v) is 8.87. The predicted molar refractivity (Wildman–Crippen MR) is 107 cm³/mol. The third kappa shape index (κ3) is 3.39.